The molecule has 43 heavy (non-hydrogen) atoms. The van der Waals surface area contributed by atoms with Crippen molar-refractivity contribution in [2.24, 2.45) is 11.8 Å². The van der Waals surface area contributed by atoms with Crippen LogP contribution in [0.4, 0.5) is 22.0 Å². The number of hydrogen-bond donors (Lipinski definition) is 4. The molecular weight excluding hydrogens is 589 g/mol. The van der Waals surface area contributed by atoms with Crippen LogP contribution in [-0.2, 0) is 30.3 Å². The number of halogens is 5. The molecule has 6 atom stereocenters. The molecule has 1 aliphatic heterocycles. The monoisotopic (exact) mass is 617 g/mol. The molecule has 1 aromatic heterocycles. The van der Waals surface area contributed by atoms with Crippen LogP contribution >= 0.6 is 0 Å². The van der Waals surface area contributed by atoms with Crippen molar-refractivity contribution in [2.45, 2.75) is 64.5 Å². The zero-order valence-corrected chi connectivity index (χ0v) is 23.2. The van der Waals surface area contributed by atoms with E-state index in [-0.39, 0.29) is 0 Å². The molecule has 1 aliphatic rings. The average Bonchev–Trinajstić information content (AvgIpc) is 2.96. The van der Waals surface area contributed by atoms with Crippen molar-refractivity contribution in [3.63, 3.8) is 0 Å². The van der Waals surface area contributed by atoms with E-state index in [9.17, 15) is 51.3 Å². The molecule has 11 nitrogen and oxygen atoms in total. The van der Waals surface area contributed by atoms with E-state index in [1.165, 1.54) is 19.9 Å². The molecule has 1 fully saturated rings. The topological polar surface area (TPSA) is 164 Å². The Morgan fingerprint density at radius 3 is 2.14 bits per heavy atom. The molecule has 0 aliphatic carbocycles. The first-order chi connectivity index (χ1) is 20.1. The van der Waals surface area contributed by atoms with E-state index in [4.69, 9.17) is 9.47 Å². The first-order valence-electron chi connectivity index (χ1n) is 12.9. The number of carbonyl (C=O) groups is 4. The highest BCUT2D eigenvalue weighted by Crippen LogP contribution is 2.26. The summed E-state index contributed by atoms with van der Waals surface area (Å²) in [5, 5.41) is 25.3. The molecule has 16 heteroatoms. The molecule has 2 heterocycles. The van der Waals surface area contributed by atoms with Crippen LogP contribution in [0, 0.1) is 40.9 Å². The molecule has 2 amide bonds. The van der Waals surface area contributed by atoms with Gasteiger partial charge in [-0.15, -0.1) is 0 Å². The second-order valence-electron chi connectivity index (χ2n) is 10.2. The van der Waals surface area contributed by atoms with Crippen LogP contribution in [-0.4, -0.2) is 69.3 Å². The SMILES string of the molecule is CC(C)C1OC(=O)C(C)C(O)C(Cc2c(F)c(F)c(F)c(F)c2F)NC(=O)C(NC(=O)c2ncccc2O)C(C)OC1=O. The number of aromatic hydroxyl groups is 1. The quantitative estimate of drug-likeness (QED) is 0.170. The first kappa shape index (κ1) is 33.2. The summed E-state index contributed by atoms with van der Waals surface area (Å²) in [6, 6.07) is -1.35. The molecule has 0 bridgehead atoms. The highest BCUT2D eigenvalue weighted by Gasteiger charge is 2.42. The largest absolute Gasteiger partial charge is 0.505 e. The maximum absolute atomic E-state index is 14.6. The molecule has 234 valence electrons. The van der Waals surface area contributed by atoms with E-state index in [0.29, 0.717) is 0 Å². The van der Waals surface area contributed by atoms with Crippen molar-refractivity contribution in [3.8, 4) is 5.75 Å². The van der Waals surface area contributed by atoms with Gasteiger partial charge < -0.3 is 30.3 Å². The summed E-state index contributed by atoms with van der Waals surface area (Å²) in [7, 11) is 0. The van der Waals surface area contributed by atoms with E-state index in [1.807, 2.05) is 0 Å². The summed E-state index contributed by atoms with van der Waals surface area (Å²) in [6.07, 6.45) is -5.28. The first-order valence-corrected chi connectivity index (χ1v) is 12.9. The van der Waals surface area contributed by atoms with Crippen LogP contribution in [0.5, 0.6) is 5.75 Å². The van der Waals surface area contributed by atoms with Crippen LogP contribution in [0.3, 0.4) is 0 Å². The third-order valence-electron chi connectivity index (χ3n) is 6.77. The molecule has 6 unspecified atom stereocenters. The second-order valence-corrected chi connectivity index (χ2v) is 10.2. The maximum Gasteiger partial charge on any atom is 0.348 e. The molecule has 0 radical (unpaired) electrons. The highest BCUT2D eigenvalue weighted by atomic mass is 19.2. The van der Waals surface area contributed by atoms with Gasteiger partial charge in [0.2, 0.25) is 17.8 Å². The zero-order valence-electron chi connectivity index (χ0n) is 23.2. The lowest BCUT2D eigenvalue weighted by atomic mass is 9.91. The van der Waals surface area contributed by atoms with Gasteiger partial charge in [0.1, 0.15) is 17.9 Å². The number of pyridine rings is 1. The lowest BCUT2D eigenvalue weighted by Crippen LogP contribution is -2.59. The lowest BCUT2D eigenvalue weighted by molar-refractivity contribution is -0.180. The summed E-state index contributed by atoms with van der Waals surface area (Å²) >= 11 is 0. The van der Waals surface area contributed by atoms with Crippen molar-refractivity contribution in [2.75, 3.05) is 0 Å². The molecule has 0 spiro atoms. The molecule has 1 saturated heterocycles. The van der Waals surface area contributed by atoms with E-state index >= 15 is 0 Å². The fraction of sp³-hybridized carbons (Fsp3) is 0.444. The minimum Gasteiger partial charge on any atom is -0.505 e. The zero-order chi connectivity index (χ0) is 32.3. The molecule has 3 rings (SSSR count). The van der Waals surface area contributed by atoms with Crippen molar-refractivity contribution in [1.29, 1.82) is 0 Å². The normalized spacial score (nSPS) is 25.2. The Kier molecular flexibility index (Phi) is 10.3. The minimum atomic E-state index is -2.44. The number of cyclic esters (lactones) is 2. The number of rotatable bonds is 5. The summed E-state index contributed by atoms with van der Waals surface area (Å²) in [6.45, 7) is 5.20. The van der Waals surface area contributed by atoms with Crippen LogP contribution in [0.2, 0.25) is 0 Å². The Morgan fingerprint density at radius 2 is 1.58 bits per heavy atom. The molecule has 4 N–H and O–H groups in total. The van der Waals surface area contributed by atoms with Gasteiger partial charge in [0.25, 0.3) is 5.91 Å². The van der Waals surface area contributed by atoms with Gasteiger partial charge >= 0.3 is 11.9 Å². The van der Waals surface area contributed by atoms with Crippen LogP contribution in [0.25, 0.3) is 0 Å². The second kappa shape index (κ2) is 13.3. The number of nitrogens with zero attached hydrogens (tertiary/aromatic N) is 1. The third-order valence-corrected chi connectivity index (χ3v) is 6.77. The number of esters is 2. The van der Waals surface area contributed by atoms with Gasteiger partial charge in [-0.25, -0.2) is 31.7 Å². The number of ether oxygens (including phenoxy) is 2. The third kappa shape index (κ3) is 7.01. The number of benzene rings is 1. The summed E-state index contributed by atoms with van der Waals surface area (Å²) in [5.41, 5.74) is -1.95. The molecule has 2 aromatic rings. The standard InChI is InChI=1S/C27H28F5N3O8/c1-9(2)23-27(41)42-11(4)20(35-25(39)21-14(36)6-5-7-33-21)24(38)34-13(22(37)10(3)26(40)43-23)8-12-15(28)17(30)19(32)18(31)16(12)29/h5-7,9-11,13,20,22-23,36-37H,8H2,1-4H3,(H,34,38)(H,35,39). The fourth-order valence-electron chi connectivity index (χ4n) is 4.25. The number of aromatic nitrogens is 1. The van der Waals surface area contributed by atoms with Crippen molar-refractivity contribution in [1.82, 2.24) is 15.6 Å². The van der Waals surface area contributed by atoms with Crippen LogP contribution in [0.15, 0.2) is 18.3 Å². The Balaban J connectivity index is 2.10. The van der Waals surface area contributed by atoms with E-state index in [0.717, 1.165) is 26.1 Å². The summed E-state index contributed by atoms with van der Waals surface area (Å²) < 4.78 is 81.2. The Morgan fingerprint density at radius 1 is 1.00 bits per heavy atom. The maximum atomic E-state index is 14.6. The summed E-state index contributed by atoms with van der Waals surface area (Å²) in [4.78, 5) is 55.8. The molecule has 1 aromatic carbocycles. The van der Waals surface area contributed by atoms with E-state index < -0.39 is 118 Å². The predicted octanol–water partition coefficient (Wildman–Crippen LogP) is 1.82. The number of hydrogen-bond acceptors (Lipinski definition) is 9. The van der Waals surface area contributed by atoms with Gasteiger partial charge in [0, 0.05) is 24.1 Å². The minimum absolute atomic E-state index is 0.541. The Labute approximate surface area is 241 Å². The molecular formula is C27H28F5N3O8. The number of carbonyl (C=O) groups excluding carboxylic acids is 4. The van der Waals surface area contributed by atoms with Gasteiger partial charge in [-0.05, 0) is 26.0 Å². The van der Waals surface area contributed by atoms with Crippen LogP contribution in [0.1, 0.15) is 43.7 Å². The Hall–Kier alpha value is -4.34. The number of nitrogens with one attached hydrogen (secondary N) is 2. The van der Waals surface area contributed by atoms with Crippen LogP contribution < -0.4 is 10.6 Å². The van der Waals surface area contributed by atoms with Gasteiger partial charge in [-0.2, -0.15) is 0 Å². The predicted molar refractivity (Wildman–Crippen MR) is 134 cm³/mol. The van der Waals surface area contributed by atoms with E-state index in [1.54, 1.807) is 0 Å². The van der Waals surface area contributed by atoms with Gasteiger partial charge in [0.15, 0.2) is 29.0 Å². The van der Waals surface area contributed by atoms with Crippen molar-refractivity contribution in [3.05, 3.63) is 58.7 Å². The number of aliphatic hydroxyl groups excluding tert-OH is 1. The fourth-order valence-corrected chi connectivity index (χ4v) is 4.25. The smallest absolute Gasteiger partial charge is 0.348 e. The van der Waals surface area contributed by atoms with Crippen molar-refractivity contribution < 1.29 is 60.8 Å². The van der Waals surface area contributed by atoms with Gasteiger partial charge in [0.05, 0.1) is 18.1 Å². The highest BCUT2D eigenvalue weighted by molar-refractivity contribution is 5.98. The number of aliphatic hydroxyl groups is 1. The average molecular weight is 618 g/mol. The number of amides is 2. The summed E-state index contributed by atoms with van der Waals surface area (Å²) in [5.74, 6) is -19.1. The molecule has 0 saturated carbocycles. The van der Waals surface area contributed by atoms with Gasteiger partial charge in [-0.1, -0.05) is 13.8 Å². The Bertz CT molecular complexity index is 1400. The van der Waals surface area contributed by atoms with E-state index in [2.05, 4.69) is 15.6 Å². The lowest BCUT2D eigenvalue weighted by Gasteiger charge is -2.33. The van der Waals surface area contributed by atoms with Crippen molar-refractivity contribution >= 4 is 23.8 Å². The van der Waals surface area contributed by atoms with Gasteiger partial charge in [-0.3, -0.25) is 14.4 Å².